The van der Waals surface area contributed by atoms with Gasteiger partial charge < -0.3 is 4.90 Å². The lowest BCUT2D eigenvalue weighted by Gasteiger charge is -2.49. The molecule has 7 nitrogen and oxygen atoms in total. The lowest BCUT2D eigenvalue weighted by molar-refractivity contribution is -0.137. The Morgan fingerprint density at radius 3 is 2.48 bits per heavy atom. The van der Waals surface area contributed by atoms with Crippen LogP contribution < -0.4 is 9.62 Å². The van der Waals surface area contributed by atoms with E-state index >= 15 is 8.78 Å². The predicted molar refractivity (Wildman–Crippen MR) is 141 cm³/mol. The monoisotopic (exact) mass is 583 g/mol. The number of benzene rings is 2. The number of hydrogen-bond donors (Lipinski definition) is 1. The number of aryl methyl sites for hydroxylation is 1. The van der Waals surface area contributed by atoms with Gasteiger partial charge in [-0.15, -0.1) is 0 Å². The zero-order chi connectivity index (χ0) is 29.1. The van der Waals surface area contributed by atoms with Crippen LogP contribution in [0.5, 0.6) is 0 Å². The van der Waals surface area contributed by atoms with Crippen molar-refractivity contribution in [1.29, 1.82) is 0 Å². The number of nitrogens with one attached hydrogen (secondary N) is 1. The first-order valence-electron chi connectivity index (χ1n) is 12.7. The van der Waals surface area contributed by atoms with Gasteiger partial charge in [0.2, 0.25) is 0 Å². The van der Waals surface area contributed by atoms with E-state index in [1.165, 1.54) is 18.3 Å². The summed E-state index contributed by atoms with van der Waals surface area (Å²) in [6.07, 6.45) is 0.263. The fraction of sp³-hybridized carbons (Fsp3) is 0.407. The molecule has 0 saturated carbocycles. The molecule has 1 N–H and O–H groups in total. The number of likely N-dealkylation sites (N-methyl/N-ethyl adjacent to an activating group) is 1. The van der Waals surface area contributed by atoms with Crippen LogP contribution in [0.15, 0.2) is 59.9 Å². The number of halogens is 5. The Labute approximate surface area is 230 Å². The van der Waals surface area contributed by atoms with Crippen LogP contribution in [0, 0.1) is 11.6 Å². The van der Waals surface area contributed by atoms with Gasteiger partial charge in [-0.1, -0.05) is 25.1 Å². The highest BCUT2D eigenvalue weighted by atomic mass is 32.2. The summed E-state index contributed by atoms with van der Waals surface area (Å²) < 4.78 is 97.5. The van der Waals surface area contributed by atoms with E-state index in [-0.39, 0.29) is 11.5 Å². The molecule has 0 aliphatic carbocycles. The third-order valence-corrected chi connectivity index (χ3v) is 8.82. The molecular weight excluding hydrogens is 553 g/mol. The lowest BCUT2D eigenvalue weighted by Crippen LogP contribution is -2.58. The van der Waals surface area contributed by atoms with Gasteiger partial charge in [-0.3, -0.25) is 9.62 Å². The minimum Gasteiger partial charge on any atom is -0.370 e. The van der Waals surface area contributed by atoms with E-state index in [1.54, 1.807) is 11.0 Å². The zero-order valence-corrected chi connectivity index (χ0v) is 22.9. The standard InChI is InChI=1S/C27H30F5N5O2S/c1-3-36(2)26(11-8-19-6-4-7-20(14-19)27(30,31)32)10-5-13-37(17-26)21-15-22(28)25(23(29)16-21)40(38,39)35-24-9-12-33-18-34-24/h4,6-7,9,12,14-16,18H,3,5,8,10-11,13,17H2,1-2H3,(H,33,34,35)/t26-/m1/s1. The average Bonchev–Trinajstić information content (AvgIpc) is 2.91. The minimum atomic E-state index is -4.61. The molecule has 0 radical (unpaired) electrons. The highest BCUT2D eigenvalue weighted by molar-refractivity contribution is 7.92. The number of anilines is 2. The quantitative estimate of drug-likeness (QED) is 0.336. The van der Waals surface area contributed by atoms with Crippen molar-refractivity contribution in [2.75, 3.05) is 36.3 Å². The highest BCUT2D eigenvalue weighted by Crippen LogP contribution is 2.36. The Bertz CT molecular complexity index is 1420. The van der Waals surface area contributed by atoms with Gasteiger partial charge >= 0.3 is 6.18 Å². The summed E-state index contributed by atoms with van der Waals surface area (Å²) in [5.41, 5.74) is -0.446. The minimum absolute atomic E-state index is 0.137. The molecule has 1 fully saturated rings. The number of aromatic nitrogens is 2. The molecular formula is C27H30F5N5O2S. The van der Waals surface area contributed by atoms with E-state index in [0.717, 1.165) is 37.0 Å². The summed E-state index contributed by atoms with van der Waals surface area (Å²) in [6.45, 7) is 3.47. The van der Waals surface area contributed by atoms with Crippen LogP contribution in [-0.2, 0) is 22.6 Å². The van der Waals surface area contributed by atoms with Crippen molar-refractivity contribution in [1.82, 2.24) is 14.9 Å². The Kier molecular flexibility index (Phi) is 8.64. The summed E-state index contributed by atoms with van der Waals surface area (Å²) >= 11 is 0. The van der Waals surface area contributed by atoms with Crippen LogP contribution in [0.3, 0.4) is 0 Å². The maximum absolute atomic E-state index is 15.2. The number of rotatable bonds is 9. The van der Waals surface area contributed by atoms with Crippen LogP contribution in [-0.4, -0.2) is 55.5 Å². The van der Waals surface area contributed by atoms with E-state index in [9.17, 15) is 21.6 Å². The number of hydrogen-bond acceptors (Lipinski definition) is 6. The second-order valence-electron chi connectivity index (χ2n) is 9.90. The zero-order valence-electron chi connectivity index (χ0n) is 22.0. The Morgan fingerprint density at radius 1 is 1.12 bits per heavy atom. The van der Waals surface area contributed by atoms with Gasteiger partial charge in [0.15, 0.2) is 4.90 Å². The van der Waals surface area contributed by atoms with Crippen molar-refractivity contribution in [2.24, 2.45) is 0 Å². The SMILES string of the molecule is CCN(C)[C@@]1(CCc2cccc(C(F)(F)F)c2)CCCN(c2cc(F)c(S(=O)(=O)Nc3ccncn3)c(F)c2)C1. The first kappa shape index (κ1) is 29.7. The third-order valence-electron chi connectivity index (χ3n) is 7.41. The van der Waals surface area contributed by atoms with Crippen molar-refractivity contribution in [3.05, 3.63) is 77.8 Å². The molecule has 0 unspecified atom stereocenters. The maximum Gasteiger partial charge on any atom is 0.416 e. The maximum atomic E-state index is 15.2. The first-order valence-corrected chi connectivity index (χ1v) is 14.2. The van der Waals surface area contributed by atoms with Crippen molar-refractivity contribution in [2.45, 2.75) is 49.2 Å². The molecule has 3 aromatic rings. The molecule has 0 bridgehead atoms. The van der Waals surface area contributed by atoms with Gasteiger partial charge in [0.05, 0.1) is 5.56 Å². The molecule has 40 heavy (non-hydrogen) atoms. The van der Waals surface area contributed by atoms with Gasteiger partial charge in [0, 0.05) is 30.5 Å². The first-order chi connectivity index (χ1) is 18.8. The van der Waals surface area contributed by atoms with Crippen molar-refractivity contribution >= 4 is 21.5 Å². The largest absolute Gasteiger partial charge is 0.416 e. The number of sulfonamides is 1. The summed E-state index contributed by atoms with van der Waals surface area (Å²) in [6, 6.07) is 8.48. The molecule has 1 atom stereocenters. The van der Waals surface area contributed by atoms with Gasteiger partial charge in [-0.2, -0.15) is 13.2 Å². The fourth-order valence-electron chi connectivity index (χ4n) is 5.18. The lowest BCUT2D eigenvalue weighted by atomic mass is 9.81. The van der Waals surface area contributed by atoms with Crippen LogP contribution in [0.2, 0.25) is 0 Å². The van der Waals surface area contributed by atoms with Crippen molar-refractivity contribution in [3.8, 4) is 0 Å². The van der Waals surface area contributed by atoms with Crippen molar-refractivity contribution in [3.63, 3.8) is 0 Å². The second kappa shape index (κ2) is 11.7. The second-order valence-corrected chi connectivity index (χ2v) is 11.5. The smallest absolute Gasteiger partial charge is 0.370 e. The molecule has 4 rings (SSSR count). The molecule has 1 aromatic heterocycles. The van der Waals surface area contributed by atoms with Gasteiger partial charge in [-0.25, -0.2) is 27.2 Å². The van der Waals surface area contributed by atoms with E-state index in [1.807, 2.05) is 18.7 Å². The van der Waals surface area contributed by atoms with Crippen LogP contribution in [0.4, 0.5) is 33.5 Å². The number of piperidine rings is 1. The molecule has 1 saturated heterocycles. The van der Waals surface area contributed by atoms with E-state index in [2.05, 4.69) is 14.9 Å². The fourth-order valence-corrected chi connectivity index (χ4v) is 6.31. The van der Waals surface area contributed by atoms with Gasteiger partial charge in [0.1, 0.15) is 23.8 Å². The van der Waals surface area contributed by atoms with Gasteiger partial charge in [-0.05, 0) is 69.1 Å². The average molecular weight is 584 g/mol. The molecule has 1 aliphatic heterocycles. The highest BCUT2D eigenvalue weighted by Gasteiger charge is 2.39. The molecule has 2 heterocycles. The normalized spacial score (nSPS) is 18.2. The molecule has 0 amide bonds. The topological polar surface area (TPSA) is 78.4 Å². The van der Waals surface area contributed by atoms with Crippen molar-refractivity contribution < 1.29 is 30.4 Å². The van der Waals surface area contributed by atoms with Crippen LogP contribution in [0.1, 0.15) is 37.3 Å². The molecule has 0 spiro atoms. The van der Waals surface area contributed by atoms with Crippen LogP contribution >= 0.6 is 0 Å². The predicted octanol–water partition coefficient (Wildman–Crippen LogP) is 5.50. The summed E-state index contributed by atoms with van der Waals surface area (Å²) in [4.78, 5) is 10.2. The summed E-state index contributed by atoms with van der Waals surface area (Å²) in [7, 11) is -2.69. The van der Waals surface area contributed by atoms with E-state index in [4.69, 9.17) is 0 Å². The summed E-state index contributed by atoms with van der Waals surface area (Å²) in [5, 5.41) is 0. The molecule has 2 aromatic carbocycles. The molecule has 13 heteroatoms. The Hall–Kier alpha value is -3.32. The van der Waals surface area contributed by atoms with E-state index in [0.29, 0.717) is 44.5 Å². The number of alkyl halides is 3. The Balaban J connectivity index is 1.58. The van der Waals surface area contributed by atoms with Gasteiger partial charge in [0.25, 0.3) is 10.0 Å². The molecule has 1 aliphatic rings. The third kappa shape index (κ3) is 6.52. The molecule has 216 valence electrons. The Morgan fingerprint density at radius 2 is 1.85 bits per heavy atom. The summed E-state index contributed by atoms with van der Waals surface area (Å²) in [5.74, 6) is -2.64. The van der Waals surface area contributed by atoms with E-state index < -0.39 is 43.8 Å². The number of nitrogens with zero attached hydrogens (tertiary/aromatic N) is 4. The van der Waals surface area contributed by atoms with Crippen LogP contribution in [0.25, 0.3) is 0 Å².